The van der Waals surface area contributed by atoms with Crippen molar-refractivity contribution in [2.45, 2.75) is 32.0 Å². The van der Waals surface area contributed by atoms with Gasteiger partial charge in [0, 0.05) is 50.8 Å². The predicted octanol–water partition coefficient (Wildman–Crippen LogP) is 4.06. The third-order valence-electron chi connectivity index (χ3n) is 4.88. The quantitative estimate of drug-likeness (QED) is 0.324. The fourth-order valence-corrected chi connectivity index (χ4v) is 3.53. The molecule has 1 atom stereocenters. The highest BCUT2D eigenvalue weighted by Gasteiger charge is 2.33. The van der Waals surface area contributed by atoms with Crippen LogP contribution in [0.1, 0.15) is 23.2 Å². The SMILES string of the molecule is CN=C(NCCc1ccc(C)nc1)NC1CCN(c2ncc(C(F)(F)F)cc2Cl)C1.I. The minimum Gasteiger partial charge on any atom is -0.356 e. The Morgan fingerprint density at radius 3 is 2.68 bits per heavy atom. The second-order valence-corrected chi connectivity index (χ2v) is 7.57. The number of nitrogens with one attached hydrogen (secondary N) is 2. The number of nitrogens with zero attached hydrogens (tertiary/aromatic N) is 4. The molecule has 2 N–H and O–H groups in total. The monoisotopic (exact) mass is 568 g/mol. The smallest absolute Gasteiger partial charge is 0.356 e. The van der Waals surface area contributed by atoms with Gasteiger partial charge in [-0.15, -0.1) is 24.0 Å². The standard InChI is InChI=1S/C20H24ClF3N6.HI/c1-13-3-4-14(10-27-13)5-7-26-19(25-2)29-16-6-8-30(12-16)18-17(21)9-15(11-28-18)20(22,23)24;/h3-4,9-11,16H,5-8,12H2,1-2H3,(H2,25,26,29);1H. The molecule has 0 spiro atoms. The van der Waals surface area contributed by atoms with Crippen LogP contribution in [-0.4, -0.2) is 48.7 Å². The van der Waals surface area contributed by atoms with Crippen LogP contribution in [0.2, 0.25) is 5.02 Å². The number of guanidine groups is 1. The van der Waals surface area contributed by atoms with Gasteiger partial charge in [0.1, 0.15) is 5.82 Å². The molecule has 170 valence electrons. The van der Waals surface area contributed by atoms with Crippen LogP contribution in [0.3, 0.4) is 0 Å². The Morgan fingerprint density at radius 2 is 2.06 bits per heavy atom. The van der Waals surface area contributed by atoms with Gasteiger partial charge >= 0.3 is 6.18 Å². The maximum atomic E-state index is 12.8. The van der Waals surface area contributed by atoms with Crippen LogP contribution in [0, 0.1) is 6.92 Å². The van der Waals surface area contributed by atoms with Gasteiger partial charge in [-0.3, -0.25) is 9.98 Å². The Balaban J connectivity index is 0.00000341. The zero-order valence-corrected chi connectivity index (χ0v) is 20.3. The second-order valence-electron chi connectivity index (χ2n) is 7.16. The topological polar surface area (TPSA) is 65.4 Å². The number of pyridine rings is 2. The molecule has 0 amide bonds. The largest absolute Gasteiger partial charge is 0.417 e. The lowest BCUT2D eigenvalue weighted by atomic mass is 10.2. The van der Waals surface area contributed by atoms with Crippen molar-refractivity contribution in [3.63, 3.8) is 0 Å². The van der Waals surface area contributed by atoms with E-state index in [1.165, 1.54) is 0 Å². The summed E-state index contributed by atoms with van der Waals surface area (Å²) in [6.45, 7) is 3.86. The number of aromatic nitrogens is 2. The zero-order valence-electron chi connectivity index (χ0n) is 17.2. The highest BCUT2D eigenvalue weighted by atomic mass is 127. The summed E-state index contributed by atoms with van der Waals surface area (Å²) in [6.07, 6.45) is -0.167. The second kappa shape index (κ2) is 11.2. The highest BCUT2D eigenvalue weighted by molar-refractivity contribution is 14.0. The summed E-state index contributed by atoms with van der Waals surface area (Å²) < 4.78 is 38.4. The fraction of sp³-hybridized carbons (Fsp3) is 0.450. The molecule has 3 rings (SSSR count). The first-order valence-corrected chi connectivity index (χ1v) is 10.0. The molecule has 2 aromatic rings. The average molecular weight is 569 g/mol. The molecule has 0 aromatic carbocycles. The van der Waals surface area contributed by atoms with Crippen molar-refractivity contribution in [1.82, 2.24) is 20.6 Å². The summed E-state index contributed by atoms with van der Waals surface area (Å²) in [7, 11) is 1.70. The number of halogens is 5. The van der Waals surface area contributed by atoms with Gasteiger partial charge in [-0.1, -0.05) is 17.7 Å². The summed E-state index contributed by atoms with van der Waals surface area (Å²) in [5, 5.41) is 6.62. The van der Waals surface area contributed by atoms with Gasteiger partial charge in [-0.2, -0.15) is 13.2 Å². The minimum absolute atomic E-state index is 0. The highest BCUT2D eigenvalue weighted by Crippen LogP contribution is 2.34. The van der Waals surface area contributed by atoms with Crippen molar-refractivity contribution >= 4 is 47.4 Å². The van der Waals surface area contributed by atoms with Gasteiger partial charge in [0.15, 0.2) is 5.96 Å². The first-order chi connectivity index (χ1) is 14.3. The molecule has 1 aliphatic rings. The van der Waals surface area contributed by atoms with E-state index in [-0.39, 0.29) is 35.0 Å². The van der Waals surface area contributed by atoms with E-state index < -0.39 is 11.7 Å². The molecule has 1 unspecified atom stereocenters. The van der Waals surface area contributed by atoms with Crippen molar-refractivity contribution in [3.8, 4) is 0 Å². The Kier molecular flexibility index (Phi) is 9.16. The van der Waals surface area contributed by atoms with E-state index >= 15 is 0 Å². The predicted molar refractivity (Wildman–Crippen MR) is 127 cm³/mol. The van der Waals surface area contributed by atoms with Crippen LogP contribution >= 0.6 is 35.6 Å². The number of hydrogen-bond donors (Lipinski definition) is 2. The van der Waals surface area contributed by atoms with E-state index in [4.69, 9.17) is 11.6 Å². The lowest BCUT2D eigenvalue weighted by Gasteiger charge is -2.21. The van der Waals surface area contributed by atoms with Crippen molar-refractivity contribution in [2.24, 2.45) is 4.99 Å². The number of anilines is 1. The number of alkyl halides is 3. The summed E-state index contributed by atoms with van der Waals surface area (Å²) >= 11 is 6.07. The van der Waals surface area contributed by atoms with E-state index in [1.54, 1.807) is 7.05 Å². The molecule has 0 aliphatic carbocycles. The first kappa shape index (κ1) is 25.4. The lowest BCUT2D eigenvalue weighted by Crippen LogP contribution is -2.45. The van der Waals surface area contributed by atoms with Crippen molar-refractivity contribution in [3.05, 3.63) is 52.4 Å². The van der Waals surface area contributed by atoms with Gasteiger partial charge in [-0.25, -0.2) is 4.98 Å². The number of rotatable bonds is 5. The van der Waals surface area contributed by atoms with E-state index in [0.717, 1.165) is 36.4 Å². The zero-order chi connectivity index (χ0) is 21.7. The van der Waals surface area contributed by atoms with E-state index in [1.807, 2.05) is 24.1 Å². The molecule has 31 heavy (non-hydrogen) atoms. The first-order valence-electron chi connectivity index (χ1n) is 9.62. The molecule has 11 heteroatoms. The van der Waals surface area contributed by atoms with E-state index in [0.29, 0.717) is 31.4 Å². The van der Waals surface area contributed by atoms with Gasteiger partial charge < -0.3 is 15.5 Å². The third-order valence-corrected chi connectivity index (χ3v) is 5.16. The summed E-state index contributed by atoms with van der Waals surface area (Å²) in [5.74, 6) is 1.04. The molecular formula is C20H25ClF3IN6. The van der Waals surface area contributed by atoms with Crippen LogP contribution < -0.4 is 15.5 Å². The number of hydrogen-bond acceptors (Lipinski definition) is 4. The molecule has 6 nitrogen and oxygen atoms in total. The molecular weight excluding hydrogens is 544 g/mol. The molecule has 1 aliphatic heterocycles. The summed E-state index contributed by atoms with van der Waals surface area (Å²) in [5.41, 5.74) is 1.27. The summed E-state index contributed by atoms with van der Waals surface area (Å²) in [6, 6.07) is 5.04. The van der Waals surface area contributed by atoms with Crippen molar-refractivity contribution in [1.29, 1.82) is 0 Å². The van der Waals surface area contributed by atoms with Crippen LogP contribution in [-0.2, 0) is 12.6 Å². The van der Waals surface area contributed by atoms with Crippen LogP contribution in [0.4, 0.5) is 19.0 Å². The van der Waals surface area contributed by atoms with Crippen LogP contribution in [0.5, 0.6) is 0 Å². The maximum absolute atomic E-state index is 12.8. The fourth-order valence-electron chi connectivity index (χ4n) is 3.25. The average Bonchev–Trinajstić information content (AvgIpc) is 3.16. The molecule has 0 bridgehead atoms. The van der Waals surface area contributed by atoms with Gasteiger partial charge in [0.2, 0.25) is 0 Å². The van der Waals surface area contributed by atoms with Crippen LogP contribution in [0.25, 0.3) is 0 Å². The molecule has 3 heterocycles. The normalized spacial score (nSPS) is 16.8. The Hall–Kier alpha value is -1.82. The van der Waals surface area contributed by atoms with E-state index in [9.17, 15) is 13.2 Å². The molecule has 0 radical (unpaired) electrons. The van der Waals surface area contributed by atoms with Crippen LogP contribution in [0.15, 0.2) is 35.6 Å². The number of aryl methyl sites for hydroxylation is 1. The maximum Gasteiger partial charge on any atom is 0.417 e. The molecule has 0 saturated carbocycles. The molecule has 1 saturated heterocycles. The van der Waals surface area contributed by atoms with Gasteiger partial charge in [0.05, 0.1) is 10.6 Å². The Labute approximate surface area is 201 Å². The molecule has 2 aromatic heterocycles. The number of aliphatic imine (C=N–C) groups is 1. The van der Waals surface area contributed by atoms with Gasteiger partial charge in [0.25, 0.3) is 0 Å². The van der Waals surface area contributed by atoms with Gasteiger partial charge in [-0.05, 0) is 37.5 Å². The Bertz CT molecular complexity index is 891. The minimum atomic E-state index is -4.46. The van der Waals surface area contributed by atoms with E-state index in [2.05, 4.69) is 31.7 Å². The third kappa shape index (κ3) is 7.09. The van der Waals surface area contributed by atoms with Crippen molar-refractivity contribution < 1.29 is 13.2 Å². The molecule has 1 fully saturated rings. The van der Waals surface area contributed by atoms with Crippen molar-refractivity contribution in [2.75, 3.05) is 31.6 Å². The Morgan fingerprint density at radius 1 is 1.29 bits per heavy atom. The lowest BCUT2D eigenvalue weighted by molar-refractivity contribution is -0.137. The summed E-state index contributed by atoms with van der Waals surface area (Å²) in [4.78, 5) is 14.4.